The first-order valence-electron chi connectivity index (χ1n) is 9.02. The van der Waals surface area contributed by atoms with Crippen molar-refractivity contribution in [1.82, 2.24) is 24.9 Å². The van der Waals surface area contributed by atoms with Crippen molar-refractivity contribution in [2.24, 2.45) is 0 Å². The highest BCUT2D eigenvalue weighted by atomic mass is 32.2. The Morgan fingerprint density at radius 1 is 1.32 bits per heavy atom. The molecular weight excluding hydrogens is 410 g/mol. The lowest BCUT2D eigenvalue weighted by atomic mass is 10.2. The predicted octanol–water partition coefficient (Wildman–Crippen LogP) is 4.55. The third-order valence-corrected chi connectivity index (χ3v) is 7.46. The number of thioether (sulfide) groups is 1. The minimum absolute atomic E-state index is 0.0159. The molecule has 0 bridgehead atoms. The van der Waals surface area contributed by atoms with Crippen molar-refractivity contribution in [3.63, 3.8) is 0 Å². The van der Waals surface area contributed by atoms with E-state index in [0.29, 0.717) is 17.5 Å². The zero-order valence-electron chi connectivity index (χ0n) is 16.1. The SMILES string of the molecule is Cc1sc2nc(C(C)C)n3c(SCC(=O)NCc4cccs4)nnc3c2c1C. The van der Waals surface area contributed by atoms with Crippen LogP contribution in [-0.2, 0) is 11.3 Å². The largest absolute Gasteiger partial charge is 0.350 e. The highest BCUT2D eigenvalue weighted by Crippen LogP contribution is 2.34. The van der Waals surface area contributed by atoms with Crippen LogP contribution in [0.25, 0.3) is 15.9 Å². The molecule has 0 saturated heterocycles. The Balaban J connectivity index is 1.62. The third-order valence-electron chi connectivity index (χ3n) is 4.56. The quantitative estimate of drug-likeness (QED) is 0.454. The summed E-state index contributed by atoms with van der Waals surface area (Å²) in [5.74, 6) is 1.43. The van der Waals surface area contributed by atoms with Gasteiger partial charge in [0, 0.05) is 15.7 Å². The summed E-state index contributed by atoms with van der Waals surface area (Å²) in [5.41, 5.74) is 2.03. The van der Waals surface area contributed by atoms with Crippen LogP contribution in [0.4, 0.5) is 0 Å². The molecule has 4 rings (SSSR count). The summed E-state index contributed by atoms with van der Waals surface area (Å²) < 4.78 is 2.02. The van der Waals surface area contributed by atoms with E-state index in [1.807, 2.05) is 21.9 Å². The number of nitrogens with one attached hydrogen (secondary N) is 1. The predicted molar refractivity (Wildman–Crippen MR) is 117 cm³/mol. The van der Waals surface area contributed by atoms with E-state index in [-0.39, 0.29) is 11.8 Å². The molecule has 0 aliphatic carbocycles. The number of rotatable bonds is 6. The van der Waals surface area contributed by atoms with Gasteiger partial charge in [0.05, 0.1) is 17.7 Å². The molecule has 1 N–H and O–H groups in total. The van der Waals surface area contributed by atoms with Crippen molar-refractivity contribution >= 4 is 56.2 Å². The van der Waals surface area contributed by atoms with Crippen LogP contribution in [0.5, 0.6) is 0 Å². The first-order valence-corrected chi connectivity index (χ1v) is 11.7. The fraction of sp³-hybridized carbons (Fsp3) is 0.368. The third kappa shape index (κ3) is 3.54. The van der Waals surface area contributed by atoms with Gasteiger partial charge in [0.1, 0.15) is 10.7 Å². The van der Waals surface area contributed by atoms with E-state index in [4.69, 9.17) is 4.98 Å². The Morgan fingerprint density at radius 3 is 2.86 bits per heavy atom. The summed E-state index contributed by atoms with van der Waals surface area (Å²) >= 11 is 4.73. The minimum Gasteiger partial charge on any atom is -0.350 e. The van der Waals surface area contributed by atoms with E-state index in [1.165, 1.54) is 22.2 Å². The second-order valence-electron chi connectivity index (χ2n) is 6.87. The van der Waals surface area contributed by atoms with Crippen LogP contribution < -0.4 is 5.32 Å². The number of hydrogen-bond donors (Lipinski definition) is 1. The van der Waals surface area contributed by atoms with E-state index in [2.05, 4.69) is 43.2 Å². The maximum Gasteiger partial charge on any atom is 0.230 e. The number of carbonyl (C=O) groups is 1. The molecule has 0 spiro atoms. The zero-order valence-corrected chi connectivity index (χ0v) is 18.6. The smallest absolute Gasteiger partial charge is 0.230 e. The molecule has 0 fully saturated rings. The van der Waals surface area contributed by atoms with Crippen molar-refractivity contribution in [2.75, 3.05) is 5.75 Å². The van der Waals surface area contributed by atoms with Gasteiger partial charge < -0.3 is 5.32 Å². The van der Waals surface area contributed by atoms with E-state index in [0.717, 1.165) is 26.6 Å². The number of carbonyl (C=O) groups excluding carboxylic acids is 1. The van der Waals surface area contributed by atoms with Crippen LogP contribution in [0.3, 0.4) is 0 Å². The lowest BCUT2D eigenvalue weighted by Crippen LogP contribution is -2.24. The van der Waals surface area contributed by atoms with Crippen LogP contribution in [0, 0.1) is 13.8 Å². The zero-order chi connectivity index (χ0) is 19.8. The number of aryl methyl sites for hydroxylation is 2. The molecule has 1 amide bonds. The highest BCUT2D eigenvalue weighted by Gasteiger charge is 2.21. The van der Waals surface area contributed by atoms with E-state index in [1.54, 1.807) is 22.7 Å². The van der Waals surface area contributed by atoms with Crippen LogP contribution >= 0.6 is 34.4 Å². The fourth-order valence-electron chi connectivity index (χ4n) is 3.00. The van der Waals surface area contributed by atoms with Crippen LogP contribution in [0.2, 0.25) is 0 Å². The van der Waals surface area contributed by atoms with E-state index in [9.17, 15) is 4.79 Å². The molecule has 6 nitrogen and oxygen atoms in total. The molecule has 0 aromatic carbocycles. The highest BCUT2D eigenvalue weighted by molar-refractivity contribution is 7.99. The first-order chi connectivity index (χ1) is 13.5. The van der Waals surface area contributed by atoms with Gasteiger partial charge >= 0.3 is 0 Å². The van der Waals surface area contributed by atoms with Gasteiger partial charge in [-0.25, -0.2) is 4.98 Å². The summed E-state index contributed by atoms with van der Waals surface area (Å²) in [6.07, 6.45) is 0. The Hall–Kier alpha value is -1.97. The maximum atomic E-state index is 12.3. The molecule has 146 valence electrons. The van der Waals surface area contributed by atoms with Gasteiger partial charge in [-0.15, -0.1) is 32.9 Å². The van der Waals surface area contributed by atoms with Gasteiger partial charge in [0.25, 0.3) is 0 Å². The number of thiophene rings is 2. The Morgan fingerprint density at radius 2 is 2.14 bits per heavy atom. The number of aromatic nitrogens is 4. The number of nitrogens with zero attached hydrogens (tertiary/aromatic N) is 4. The van der Waals surface area contributed by atoms with Crippen molar-refractivity contribution in [1.29, 1.82) is 0 Å². The summed E-state index contributed by atoms with van der Waals surface area (Å²) in [6.45, 7) is 9.00. The molecular formula is C19H21N5OS3. The van der Waals surface area contributed by atoms with Crippen molar-refractivity contribution in [2.45, 2.75) is 45.3 Å². The molecule has 0 saturated carbocycles. The van der Waals surface area contributed by atoms with E-state index >= 15 is 0 Å². The van der Waals surface area contributed by atoms with Gasteiger partial charge in [-0.1, -0.05) is 31.7 Å². The molecule has 28 heavy (non-hydrogen) atoms. The Labute approximate surface area is 175 Å². The lowest BCUT2D eigenvalue weighted by Gasteiger charge is -2.10. The molecule has 4 heterocycles. The van der Waals surface area contributed by atoms with Gasteiger partial charge in [-0.3, -0.25) is 9.20 Å². The van der Waals surface area contributed by atoms with Gasteiger partial charge in [-0.05, 0) is 30.9 Å². The molecule has 9 heteroatoms. The molecule has 0 unspecified atom stereocenters. The lowest BCUT2D eigenvalue weighted by molar-refractivity contribution is -0.118. The van der Waals surface area contributed by atoms with Crippen molar-refractivity contribution in [3.05, 3.63) is 38.7 Å². The van der Waals surface area contributed by atoms with Crippen LogP contribution in [0.15, 0.2) is 22.7 Å². The molecule has 4 aromatic rings. The van der Waals surface area contributed by atoms with Gasteiger partial charge in [0.15, 0.2) is 10.8 Å². The number of hydrogen-bond acceptors (Lipinski definition) is 7. The van der Waals surface area contributed by atoms with Crippen LogP contribution in [0.1, 0.15) is 40.9 Å². The van der Waals surface area contributed by atoms with Crippen molar-refractivity contribution < 1.29 is 4.79 Å². The first kappa shape index (κ1) is 19.4. The number of fused-ring (bicyclic) bond motifs is 3. The second kappa shape index (κ2) is 7.81. The Bertz CT molecular complexity index is 1140. The summed E-state index contributed by atoms with van der Waals surface area (Å²) in [5, 5.41) is 15.6. The number of amides is 1. The Kier molecular flexibility index (Phi) is 5.39. The van der Waals surface area contributed by atoms with Gasteiger partial charge in [-0.2, -0.15) is 0 Å². The standard InChI is InChI=1S/C19H21N5OS3/c1-10(2)16-21-18-15(11(3)12(4)28-18)17-22-23-19(24(16)17)27-9-14(25)20-8-13-6-5-7-26-13/h5-7,10H,8-9H2,1-4H3,(H,20,25). The monoisotopic (exact) mass is 431 g/mol. The minimum atomic E-state index is -0.0159. The normalized spacial score (nSPS) is 11.8. The average Bonchev–Trinajstić information content (AvgIpc) is 3.38. The summed E-state index contributed by atoms with van der Waals surface area (Å²) in [4.78, 5) is 20.6. The molecule has 0 aliphatic heterocycles. The fourth-order valence-corrected chi connectivity index (χ4v) is 5.45. The topological polar surface area (TPSA) is 72.2 Å². The molecule has 4 aromatic heterocycles. The van der Waals surface area contributed by atoms with E-state index < -0.39 is 0 Å². The second-order valence-corrected chi connectivity index (χ2v) is 10.1. The van der Waals surface area contributed by atoms with Gasteiger partial charge in [0.2, 0.25) is 5.91 Å². The molecule has 0 radical (unpaired) electrons. The van der Waals surface area contributed by atoms with Crippen LogP contribution in [-0.4, -0.2) is 31.2 Å². The summed E-state index contributed by atoms with van der Waals surface area (Å²) in [7, 11) is 0. The molecule has 0 aliphatic rings. The molecule has 0 atom stereocenters. The van der Waals surface area contributed by atoms with Crippen molar-refractivity contribution in [3.8, 4) is 0 Å². The summed E-state index contributed by atoms with van der Waals surface area (Å²) in [6, 6.07) is 4.00. The average molecular weight is 432 g/mol. The maximum absolute atomic E-state index is 12.3.